The van der Waals surface area contributed by atoms with Gasteiger partial charge in [-0.25, -0.2) is 9.78 Å². The molecule has 5 nitrogen and oxygen atoms in total. The van der Waals surface area contributed by atoms with Crippen molar-refractivity contribution in [1.82, 2.24) is 9.38 Å². The summed E-state index contributed by atoms with van der Waals surface area (Å²) < 4.78 is 1.68. The Morgan fingerprint density at radius 3 is 2.95 bits per heavy atom. The number of imidazole rings is 1. The van der Waals surface area contributed by atoms with Crippen LogP contribution in [0.3, 0.4) is 0 Å². The van der Waals surface area contributed by atoms with Crippen molar-refractivity contribution in [3.05, 3.63) is 17.3 Å². The molecular formula is C13H17N3O2S. The number of carboxylic acids is 1. The van der Waals surface area contributed by atoms with Crippen LogP contribution in [0.15, 0.2) is 11.6 Å². The quantitative estimate of drug-likeness (QED) is 0.914. The fourth-order valence-corrected chi connectivity index (χ4v) is 3.07. The minimum absolute atomic E-state index is 0.295. The molecule has 0 bridgehead atoms. The molecule has 2 heterocycles. The molecular weight excluding hydrogens is 262 g/mol. The number of carbonyl (C=O) groups is 1. The van der Waals surface area contributed by atoms with Gasteiger partial charge in [0.2, 0.25) is 0 Å². The van der Waals surface area contributed by atoms with Crippen molar-refractivity contribution in [2.75, 3.05) is 11.4 Å². The number of fused-ring (bicyclic) bond motifs is 1. The lowest BCUT2D eigenvalue weighted by atomic mass is 10.2. The zero-order valence-corrected chi connectivity index (χ0v) is 11.9. The van der Waals surface area contributed by atoms with E-state index in [4.69, 9.17) is 0 Å². The molecule has 1 aliphatic rings. The van der Waals surface area contributed by atoms with E-state index in [-0.39, 0.29) is 0 Å². The standard InChI is InChI=1S/C13H17N3O2S/c1-8(2)7-16(9-3-4-9)11-10(12(17)18)15-5-6-19-13(15)14-11/h5-6,8-9H,3-4,7H2,1-2H3,(H,17,18). The van der Waals surface area contributed by atoms with Crippen molar-refractivity contribution in [3.8, 4) is 0 Å². The first-order valence-corrected chi connectivity index (χ1v) is 7.41. The summed E-state index contributed by atoms with van der Waals surface area (Å²) >= 11 is 1.47. The van der Waals surface area contributed by atoms with Crippen molar-refractivity contribution in [1.29, 1.82) is 0 Å². The summed E-state index contributed by atoms with van der Waals surface area (Å²) in [5.74, 6) is 0.216. The third-order valence-corrected chi connectivity index (χ3v) is 4.02. The summed E-state index contributed by atoms with van der Waals surface area (Å²) in [4.78, 5) is 19.0. The highest BCUT2D eigenvalue weighted by atomic mass is 32.1. The largest absolute Gasteiger partial charge is 0.476 e. The molecule has 0 unspecified atom stereocenters. The lowest BCUT2D eigenvalue weighted by Crippen LogP contribution is -2.31. The Morgan fingerprint density at radius 2 is 2.37 bits per heavy atom. The maximum absolute atomic E-state index is 11.5. The van der Waals surface area contributed by atoms with Crippen molar-refractivity contribution in [2.45, 2.75) is 32.7 Å². The van der Waals surface area contributed by atoms with Gasteiger partial charge in [-0.1, -0.05) is 13.8 Å². The van der Waals surface area contributed by atoms with Crippen molar-refractivity contribution in [3.63, 3.8) is 0 Å². The zero-order valence-electron chi connectivity index (χ0n) is 11.0. The van der Waals surface area contributed by atoms with Crippen LogP contribution in [0.2, 0.25) is 0 Å². The molecule has 2 aromatic heterocycles. The summed E-state index contributed by atoms with van der Waals surface area (Å²) in [6.45, 7) is 5.15. The average Bonchev–Trinajstić information content (AvgIpc) is 2.94. The Labute approximate surface area is 115 Å². The molecule has 1 saturated carbocycles. The topological polar surface area (TPSA) is 57.8 Å². The van der Waals surface area contributed by atoms with E-state index in [0.717, 1.165) is 24.3 Å². The molecule has 0 radical (unpaired) electrons. The van der Waals surface area contributed by atoms with Gasteiger partial charge in [0, 0.05) is 24.2 Å². The molecule has 1 fully saturated rings. The molecule has 0 atom stereocenters. The lowest BCUT2D eigenvalue weighted by Gasteiger charge is -2.24. The number of carboxylic acid groups (broad SMARTS) is 1. The summed E-state index contributed by atoms with van der Waals surface area (Å²) in [5, 5.41) is 11.3. The van der Waals surface area contributed by atoms with E-state index in [1.54, 1.807) is 10.6 Å². The van der Waals surface area contributed by atoms with Gasteiger partial charge in [0.25, 0.3) is 0 Å². The molecule has 0 saturated heterocycles. The summed E-state index contributed by atoms with van der Waals surface area (Å²) in [5.41, 5.74) is 0.295. The van der Waals surface area contributed by atoms with E-state index in [1.165, 1.54) is 11.3 Å². The predicted molar refractivity (Wildman–Crippen MR) is 75.2 cm³/mol. The predicted octanol–water partition coefficient (Wildman–Crippen LogP) is 2.72. The van der Waals surface area contributed by atoms with E-state index in [0.29, 0.717) is 23.5 Å². The van der Waals surface area contributed by atoms with Crippen molar-refractivity contribution in [2.24, 2.45) is 5.92 Å². The number of thiazole rings is 1. The summed E-state index contributed by atoms with van der Waals surface area (Å²) in [6.07, 6.45) is 4.05. The highest BCUT2D eigenvalue weighted by Gasteiger charge is 2.34. The van der Waals surface area contributed by atoms with Gasteiger partial charge < -0.3 is 10.0 Å². The molecule has 2 aromatic rings. The van der Waals surface area contributed by atoms with Crippen LogP contribution in [0.5, 0.6) is 0 Å². The zero-order chi connectivity index (χ0) is 13.6. The van der Waals surface area contributed by atoms with Gasteiger partial charge in [-0.3, -0.25) is 4.40 Å². The first-order valence-electron chi connectivity index (χ1n) is 6.53. The number of anilines is 1. The minimum atomic E-state index is -0.907. The van der Waals surface area contributed by atoms with Crippen LogP contribution in [0.25, 0.3) is 4.96 Å². The van der Waals surface area contributed by atoms with E-state index in [1.807, 2.05) is 5.38 Å². The number of rotatable bonds is 5. The average molecular weight is 279 g/mol. The van der Waals surface area contributed by atoms with Gasteiger partial charge in [0.15, 0.2) is 16.5 Å². The Kier molecular flexibility index (Phi) is 2.97. The van der Waals surface area contributed by atoms with Crippen LogP contribution in [0.4, 0.5) is 5.82 Å². The van der Waals surface area contributed by atoms with Crippen molar-refractivity contribution < 1.29 is 9.90 Å². The lowest BCUT2D eigenvalue weighted by molar-refractivity contribution is 0.0690. The summed E-state index contributed by atoms with van der Waals surface area (Å²) in [6, 6.07) is 0.463. The molecule has 19 heavy (non-hydrogen) atoms. The fourth-order valence-electron chi connectivity index (χ4n) is 2.36. The smallest absolute Gasteiger partial charge is 0.356 e. The number of hydrogen-bond donors (Lipinski definition) is 1. The van der Waals surface area contributed by atoms with Gasteiger partial charge in [-0.05, 0) is 18.8 Å². The Balaban J connectivity index is 2.08. The highest BCUT2D eigenvalue weighted by molar-refractivity contribution is 7.15. The van der Waals surface area contributed by atoms with Gasteiger partial charge in [0.05, 0.1) is 0 Å². The van der Waals surface area contributed by atoms with E-state index < -0.39 is 5.97 Å². The normalized spacial score (nSPS) is 15.3. The third-order valence-electron chi connectivity index (χ3n) is 3.27. The van der Waals surface area contributed by atoms with E-state index in [9.17, 15) is 9.90 Å². The number of nitrogens with zero attached hydrogens (tertiary/aromatic N) is 3. The van der Waals surface area contributed by atoms with E-state index >= 15 is 0 Å². The fraction of sp³-hybridized carbons (Fsp3) is 0.538. The Bertz CT molecular complexity index is 612. The first-order chi connectivity index (χ1) is 9.08. The van der Waals surface area contributed by atoms with Crippen LogP contribution in [-0.4, -0.2) is 33.0 Å². The van der Waals surface area contributed by atoms with Crippen LogP contribution < -0.4 is 4.90 Å². The Hall–Kier alpha value is -1.56. The van der Waals surface area contributed by atoms with E-state index in [2.05, 4.69) is 23.7 Å². The second-order valence-corrected chi connectivity index (χ2v) is 6.30. The highest BCUT2D eigenvalue weighted by Crippen LogP contribution is 2.35. The SMILES string of the molecule is CC(C)CN(c1nc2sccn2c1C(=O)O)C1CC1. The molecule has 0 aliphatic heterocycles. The second kappa shape index (κ2) is 4.52. The molecule has 1 N–H and O–H groups in total. The molecule has 6 heteroatoms. The number of hydrogen-bond acceptors (Lipinski definition) is 4. The number of aromatic nitrogens is 2. The first kappa shape index (κ1) is 12.5. The maximum atomic E-state index is 11.5. The Morgan fingerprint density at radius 1 is 1.63 bits per heavy atom. The monoisotopic (exact) mass is 279 g/mol. The maximum Gasteiger partial charge on any atom is 0.356 e. The van der Waals surface area contributed by atoms with Crippen LogP contribution in [-0.2, 0) is 0 Å². The second-order valence-electron chi connectivity index (χ2n) is 5.42. The molecule has 0 amide bonds. The van der Waals surface area contributed by atoms with Crippen LogP contribution >= 0.6 is 11.3 Å². The summed E-state index contributed by atoms with van der Waals surface area (Å²) in [7, 11) is 0. The molecule has 102 valence electrons. The van der Waals surface area contributed by atoms with Crippen LogP contribution in [0, 0.1) is 5.92 Å². The third kappa shape index (κ3) is 2.20. The van der Waals surface area contributed by atoms with Gasteiger partial charge in [-0.2, -0.15) is 0 Å². The van der Waals surface area contributed by atoms with Gasteiger partial charge in [0.1, 0.15) is 0 Å². The molecule has 0 spiro atoms. The van der Waals surface area contributed by atoms with Crippen LogP contribution in [0.1, 0.15) is 37.2 Å². The molecule has 0 aromatic carbocycles. The number of aromatic carboxylic acids is 1. The molecule has 3 rings (SSSR count). The van der Waals surface area contributed by atoms with Crippen molar-refractivity contribution >= 4 is 28.1 Å². The van der Waals surface area contributed by atoms with Gasteiger partial charge >= 0.3 is 5.97 Å². The van der Waals surface area contributed by atoms with Gasteiger partial charge in [-0.15, -0.1) is 11.3 Å². The minimum Gasteiger partial charge on any atom is -0.476 e. The molecule has 1 aliphatic carbocycles.